The van der Waals surface area contributed by atoms with Crippen molar-refractivity contribution in [2.75, 3.05) is 6.61 Å². The van der Waals surface area contributed by atoms with Gasteiger partial charge in [0.2, 0.25) is 0 Å². The van der Waals surface area contributed by atoms with Crippen molar-refractivity contribution in [2.45, 2.75) is 42.7 Å². The molecule has 4 rings (SSSR count). The van der Waals surface area contributed by atoms with Crippen LogP contribution in [-0.4, -0.2) is 49.4 Å². The van der Waals surface area contributed by atoms with Gasteiger partial charge in [-0.15, -0.1) is 0 Å². The largest absolute Gasteiger partial charge is 1.00 e. The molecular formula is C20H20N3NaO7S. The van der Waals surface area contributed by atoms with E-state index >= 15 is 0 Å². The Bertz CT molecular complexity index is 1040. The molecule has 2 saturated heterocycles. The summed E-state index contributed by atoms with van der Waals surface area (Å²) >= 11 is 0. The zero-order chi connectivity index (χ0) is 21.8. The molecule has 0 bridgehead atoms. The van der Waals surface area contributed by atoms with Crippen molar-refractivity contribution in [2.24, 2.45) is 5.11 Å². The van der Waals surface area contributed by atoms with Crippen LogP contribution in [0.3, 0.4) is 0 Å². The van der Waals surface area contributed by atoms with Crippen molar-refractivity contribution in [1.82, 2.24) is 0 Å². The summed E-state index contributed by atoms with van der Waals surface area (Å²) in [5.74, 6) is 0. The fourth-order valence-corrected chi connectivity index (χ4v) is 4.72. The minimum absolute atomic E-state index is 0. The quantitative estimate of drug-likeness (QED) is 0.185. The van der Waals surface area contributed by atoms with E-state index in [4.69, 9.17) is 24.5 Å². The van der Waals surface area contributed by atoms with Gasteiger partial charge < -0.3 is 23.5 Å². The van der Waals surface area contributed by atoms with Crippen LogP contribution < -0.4 is 29.6 Å². The molecule has 2 aliphatic heterocycles. The minimum Gasteiger partial charge on any atom is -0.748 e. The van der Waals surface area contributed by atoms with E-state index in [1.165, 1.54) is 0 Å². The average Bonchev–Trinajstić information content (AvgIpc) is 2.77. The molecule has 2 aromatic rings. The third kappa shape index (κ3) is 5.70. The fraction of sp³-hybridized carbons (Fsp3) is 0.400. The van der Waals surface area contributed by atoms with Crippen LogP contribution in [0.2, 0.25) is 0 Å². The standard InChI is InChI=1S/C20H21N3O7S.Na/c21-23-22-19-18(31(24,25)26)17(27-11-13-7-3-1-4-8-13)16-15(29-19)12-28-20(30-16)14-9-5-2-6-10-14;/h1-10,15-20H,11-12H2,(H,24,25,26);/q;+1/p-1/t15?,16-,17?,18?,19+,20?;/m1./s1. The Morgan fingerprint density at radius 1 is 1.09 bits per heavy atom. The molecule has 0 saturated carbocycles. The second-order valence-corrected chi connectivity index (χ2v) is 8.70. The van der Waals surface area contributed by atoms with Gasteiger partial charge >= 0.3 is 29.6 Å². The Morgan fingerprint density at radius 2 is 1.75 bits per heavy atom. The molecule has 12 heteroatoms. The second kappa shape index (κ2) is 11.1. The Balaban J connectivity index is 0.00000289. The summed E-state index contributed by atoms with van der Waals surface area (Å²) in [4.78, 5) is 2.64. The summed E-state index contributed by atoms with van der Waals surface area (Å²) in [6, 6.07) is 18.2. The molecule has 2 aliphatic rings. The number of hydrogen-bond donors (Lipinski definition) is 0. The molecule has 2 aromatic carbocycles. The van der Waals surface area contributed by atoms with Crippen LogP contribution in [0.15, 0.2) is 65.8 Å². The Morgan fingerprint density at radius 3 is 2.38 bits per heavy atom. The number of nitrogens with zero attached hydrogens (tertiary/aromatic N) is 3. The van der Waals surface area contributed by atoms with Crippen LogP contribution in [0.25, 0.3) is 10.4 Å². The first-order chi connectivity index (χ1) is 15.0. The third-order valence-electron chi connectivity index (χ3n) is 5.16. The SMILES string of the molecule is [N-]=[N+]=N[C@H]1OC2COC(c3ccccc3)O[C@H]2C(OCc2ccccc2)C1S(=O)(=O)[O-].[Na+]. The van der Waals surface area contributed by atoms with Gasteiger partial charge in [0.05, 0.1) is 13.2 Å². The number of rotatable bonds is 6. The van der Waals surface area contributed by atoms with Crippen molar-refractivity contribution in [3.63, 3.8) is 0 Å². The molecule has 10 nitrogen and oxygen atoms in total. The van der Waals surface area contributed by atoms with Crippen LogP contribution >= 0.6 is 0 Å². The van der Waals surface area contributed by atoms with E-state index in [-0.39, 0.29) is 42.8 Å². The number of azide groups is 1. The van der Waals surface area contributed by atoms with E-state index in [0.29, 0.717) is 0 Å². The summed E-state index contributed by atoms with van der Waals surface area (Å²) in [6.45, 7) is 0.0719. The number of benzene rings is 2. The molecule has 2 heterocycles. The maximum Gasteiger partial charge on any atom is 1.00 e. The monoisotopic (exact) mass is 469 g/mol. The molecule has 164 valence electrons. The van der Waals surface area contributed by atoms with Gasteiger partial charge in [-0.2, -0.15) is 0 Å². The van der Waals surface area contributed by atoms with Crippen LogP contribution in [0.4, 0.5) is 0 Å². The fourth-order valence-electron chi connectivity index (χ4n) is 3.75. The minimum atomic E-state index is -4.97. The van der Waals surface area contributed by atoms with Crippen molar-refractivity contribution in [1.29, 1.82) is 0 Å². The zero-order valence-electron chi connectivity index (χ0n) is 17.3. The summed E-state index contributed by atoms with van der Waals surface area (Å²) in [5, 5.41) is 1.62. The molecule has 32 heavy (non-hydrogen) atoms. The molecule has 6 atom stereocenters. The van der Waals surface area contributed by atoms with E-state index < -0.39 is 46.2 Å². The molecular weight excluding hydrogens is 449 g/mol. The van der Waals surface area contributed by atoms with Crippen molar-refractivity contribution < 1.29 is 61.5 Å². The van der Waals surface area contributed by atoms with Crippen LogP contribution in [0, 0.1) is 0 Å². The zero-order valence-corrected chi connectivity index (χ0v) is 20.1. The number of fused-ring (bicyclic) bond motifs is 1. The van der Waals surface area contributed by atoms with Gasteiger partial charge in [0.15, 0.2) is 12.5 Å². The van der Waals surface area contributed by atoms with Gasteiger partial charge in [-0.3, -0.25) is 0 Å². The Labute approximate surface area is 207 Å². The van der Waals surface area contributed by atoms with Gasteiger partial charge in [0.25, 0.3) is 0 Å². The second-order valence-electron chi connectivity index (χ2n) is 7.17. The summed E-state index contributed by atoms with van der Waals surface area (Å²) < 4.78 is 59.7. The van der Waals surface area contributed by atoms with Crippen molar-refractivity contribution in [3.8, 4) is 0 Å². The van der Waals surface area contributed by atoms with E-state index in [1.807, 2.05) is 36.4 Å². The Hall–Kier alpha value is -1.50. The topological polar surface area (TPSA) is 143 Å². The van der Waals surface area contributed by atoms with E-state index in [2.05, 4.69) is 10.0 Å². The van der Waals surface area contributed by atoms with Crippen molar-refractivity contribution in [3.05, 3.63) is 82.2 Å². The number of ether oxygens (including phenoxy) is 4. The van der Waals surface area contributed by atoms with Crippen LogP contribution in [0.5, 0.6) is 0 Å². The summed E-state index contributed by atoms with van der Waals surface area (Å²) in [7, 11) is -4.97. The average molecular weight is 469 g/mol. The molecule has 0 radical (unpaired) electrons. The normalized spacial score (nSPS) is 29.8. The van der Waals surface area contributed by atoms with Crippen LogP contribution in [-0.2, 0) is 35.7 Å². The predicted molar refractivity (Wildman–Crippen MR) is 106 cm³/mol. The van der Waals surface area contributed by atoms with Crippen LogP contribution in [0.1, 0.15) is 17.4 Å². The van der Waals surface area contributed by atoms with Crippen molar-refractivity contribution >= 4 is 10.1 Å². The first-order valence-electron chi connectivity index (χ1n) is 9.59. The number of hydrogen-bond acceptors (Lipinski definition) is 8. The maximum atomic E-state index is 12.1. The smallest absolute Gasteiger partial charge is 0.748 e. The Kier molecular flexibility index (Phi) is 8.70. The molecule has 0 aliphatic carbocycles. The molecule has 0 spiro atoms. The van der Waals surface area contributed by atoms with E-state index in [0.717, 1.165) is 11.1 Å². The molecule has 2 fully saturated rings. The molecule has 4 unspecified atom stereocenters. The van der Waals surface area contributed by atoms with Gasteiger partial charge in [0, 0.05) is 10.5 Å². The van der Waals surface area contributed by atoms with Gasteiger partial charge in [-0.1, -0.05) is 65.8 Å². The summed E-state index contributed by atoms with van der Waals surface area (Å²) in [5.41, 5.74) is 10.4. The molecule has 0 aromatic heterocycles. The third-order valence-corrected chi connectivity index (χ3v) is 6.33. The van der Waals surface area contributed by atoms with E-state index in [9.17, 15) is 13.0 Å². The van der Waals surface area contributed by atoms with Gasteiger partial charge in [-0.05, 0) is 11.1 Å². The summed E-state index contributed by atoms with van der Waals surface area (Å²) in [6.07, 6.45) is -5.29. The molecule has 0 N–H and O–H groups in total. The van der Waals surface area contributed by atoms with Gasteiger partial charge in [0.1, 0.15) is 33.7 Å². The first kappa shape index (κ1) is 25.1. The maximum absolute atomic E-state index is 12.1. The van der Waals surface area contributed by atoms with E-state index in [1.54, 1.807) is 24.3 Å². The van der Waals surface area contributed by atoms with Gasteiger partial charge in [-0.25, -0.2) is 8.42 Å². The first-order valence-corrected chi connectivity index (χ1v) is 11.1. The predicted octanol–water partition coefficient (Wildman–Crippen LogP) is -0.361. The molecule has 0 amide bonds.